The second-order valence-electron chi connectivity index (χ2n) is 25.6. The van der Waals surface area contributed by atoms with Crippen molar-refractivity contribution in [2.45, 2.75) is 107 Å². The van der Waals surface area contributed by atoms with Crippen LogP contribution in [0.4, 0.5) is 0 Å². The van der Waals surface area contributed by atoms with E-state index in [1.54, 1.807) is 36.4 Å². The molecule has 3 N–H and O–H groups in total. The van der Waals surface area contributed by atoms with Crippen molar-refractivity contribution in [2.24, 2.45) is 0 Å². The maximum Gasteiger partial charge on any atom is 0.187 e. The van der Waals surface area contributed by atoms with E-state index in [9.17, 15) is 15.3 Å². The van der Waals surface area contributed by atoms with Gasteiger partial charge >= 0.3 is 0 Å². The lowest BCUT2D eigenvalue weighted by molar-refractivity contribution is 0.474. The summed E-state index contributed by atoms with van der Waals surface area (Å²) >= 11 is 0. The minimum atomic E-state index is -0.373. The molecule has 0 atom stereocenters. The highest BCUT2D eigenvalue weighted by Gasteiger charge is 2.34. The quantitative estimate of drug-likeness (QED) is 0.101. The zero-order valence-electron chi connectivity index (χ0n) is 60.3. The minimum Gasteiger partial charge on any atom is -0.508 e. The molecule has 1 heterocycles. The van der Waals surface area contributed by atoms with E-state index in [0.29, 0.717) is 0 Å². The molecule has 0 fully saturated rings. The number of hydrogen-bond acceptors (Lipinski definition) is 3. The highest BCUT2D eigenvalue weighted by Crippen LogP contribution is 2.48. The molecule has 0 saturated carbocycles. The highest BCUT2D eigenvalue weighted by atomic mass is 32.2. The molecule has 0 aliphatic carbocycles. The second kappa shape index (κ2) is 36.2. The molecule has 0 aliphatic rings. The summed E-state index contributed by atoms with van der Waals surface area (Å²) in [4.78, 5) is 17.0. The van der Waals surface area contributed by atoms with E-state index in [2.05, 4.69) is 358 Å². The van der Waals surface area contributed by atoms with Crippen LogP contribution < -0.4 is 0 Å². The lowest BCUT2D eigenvalue weighted by Gasteiger charge is -2.13. The van der Waals surface area contributed by atoms with Gasteiger partial charge in [-0.25, -0.2) is 0 Å². The van der Waals surface area contributed by atoms with Gasteiger partial charge in [-0.3, -0.25) is 0 Å². The molecule has 0 aliphatic heterocycles. The van der Waals surface area contributed by atoms with E-state index in [1.165, 1.54) is 108 Å². The Bertz CT molecular complexity index is 4850. The predicted molar refractivity (Wildman–Crippen MR) is 449 cm³/mol. The van der Waals surface area contributed by atoms with Crippen LogP contribution in [0.3, 0.4) is 0 Å². The van der Waals surface area contributed by atoms with Crippen molar-refractivity contribution in [1.29, 1.82) is 0 Å². The van der Waals surface area contributed by atoms with Gasteiger partial charge in [-0.05, 0) is 255 Å². The first-order chi connectivity index (χ1) is 51.2. The van der Waals surface area contributed by atoms with Gasteiger partial charge in [0.05, 0.1) is 43.6 Å². The maximum absolute atomic E-state index is 9.49. The van der Waals surface area contributed by atoms with E-state index in [4.69, 9.17) is 0 Å². The zero-order valence-corrected chi connectivity index (χ0v) is 64.3. The number of hydrogen-bond donors (Lipinski definition) is 3. The van der Waals surface area contributed by atoms with Gasteiger partial charge in [0.15, 0.2) is 73.0 Å². The lowest BCUT2D eigenvalue weighted by atomic mass is 10.1. The van der Waals surface area contributed by atoms with Gasteiger partial charge in [-0.15, -0.1) is 0 Å². The molecule has 15 aromatic carbocycles. The Morgan fingerprint density at radius 2 is 0.410 bits per heavy atom. The van der Waals surface area contributed by atoms with E-state index in [-0.39, 0.29) is 71.3 Å². The third-order valence-electron chi connectivity index (χ3n) is 17.5. The third kappa shape index (κ3) is 19.2. The summed E-state index contributed by atoms with van der Waals surface area (Å²) in [7, 11) is -0.422. The number of phenolic OH excluding ortho intramolecular Hbond substituents is 3. The number of aromatic hydroxyl groups is 3. The maximum atomic E-state index is 9.49. The minimum absolute atomic E-state index is 0.0229. The Kier molecular flexibility index (Phi) is 25.5. The summed E-state index contributed by atoms with van der Waals surface area (Å²) < 4.78 is 2.91. The molecule has 0 saturated heterocycles. The van der Waals surface area contributed by atoms with E-state index < -0.39 is 0 Å². The van der Waals surface area contributed by atoms with Gasteiger partial charge in [0.1, 0.15) is 17.2 Å². The molecule has 8 heteroatoms. The number of rotatable bonds is 13. The van der Waals surface area contributed by atoms with Crippen molar-refractivity contribution < 1.29 is 15.3 Å². The van der Waals surface area contributed by atoms with E-state index in [0.717, 1.165) is 14.7 Å². The first-order valence-electron chi connectivity index (χ1n) is 35.1. The highest BCUT2D eigenvalue weighted by molar-refractivity contribution is 7.98. The topological polar surface area (TPSA) is 60.7 Å². The van der Waals surface area contributed by atoms with Crippen LogP contribution in [0.2, 0.25) is 0 Å². The van der Waals surface area contributed by atoms with Crippen molar-refractivity contribution in [3.05, 3.63) is 421 Å². The van der Waals surface area contributed by atoms with Gasteiger partial charge in [-0.1, -0.05) is 204 Å². The monoisotopic (exact) mass is 1460 g/mol. The molecular weight excluding hydrogens is 1370 g/mol. The van der Waals surface area contributed by atoms with Crippen molar-refractivity contribution in [3.63, 3.8) is 0 Å². The summed E-state index contributed by atoms with van der Waals surface area (Å²) in [6.45, 7) is 15.2. The molecule has 518 valence electrons. The molecule has 0 spiro atoms. The first kappa shape index (κ1) is 74.1. The number of phenols is 3. The molecule has 0 bridgehead atoms. The van der Waals surface area contributed by atoms with Crippen LogP contribution in [0, 0.1) is 48.5 Å². The average molecular weight is 1460 g/mol. The van der Waals surface area contributed by atoms with Gasteiger partial charge in [0.25, 0.3) is 0 Å². The van der Waals surface area contributed by atoms with Crippen molar-refractivity contribution in [1.82, 2.24) is 0 Å². The van der Waals surface area contributed by atoms with Crippen molar-refractivity contribution >= 4 is 74.2 Å². The van der Waals surface area contributed by atoms with Crippen LogP contribution in [-0.2, 0) is 43.6 Å². The fourth-order valence-electron chi connectivity index (χ4n) is 12.4. The zero-order chi connectivity index (χ0) is 73.0. The summed E-state index contributed by atoms with van der Waals surface area (Å²) in [6, 6.07) is 133. The predicted octanol–water partition coefficient (Wildman–Crippen LogP) is 26.1. The Balaban J connectivity index is 0.000000123. The standard InChI is InChI=1S/2C21H21S.C19H17S.C18H14O3S.C18H13S/c1-16-4-10-19(11-5-16)22(20-12-6-17(2)7-13-20)21-14-8-18(3)9-15-21;1-16-14-17(2)21(18(3)15-16)22(19-10-6-4-7-11-19)20-12-8-5-9-13-20;1-16-12-14-19(15-13-16)20(17-8-4-2-5-9-17)18-10-6-3-7-11-18;19-13-1-7-16(8-2-13)22(17-9-3-14(20)4-10-17)18-11-5-15(21)6-12-18;1-2-8-14(9-3-1)19-17-12-6-4-10-15(17)16-11-5-7-13-18(16)19/h2*4-15H,1-3H3;2-15H,1H3;1-12H,(H2-,19,20,21);1-13H/q3*+1;;+1/p+1. The Hall–Kier alpha value is -10.7. The van der Waals surface area contributed by atoms with E-state index in [1.807, 2.05) is 36.4 Å². The molecule has 3 nitrogen and oxygen atoms in total. The van der Waals surface area contributed by atoms with Crippen LogP contribution in [0.25, 0.3) is 25.1 Å². The normalized spacial score (nSPS) is 10.9. The van der Waals surface area contributed by atoms with Gasteiger partial charge in [0, 0.05) is 32.4 Å². The Labute approximate surface area is 634 Å². The number of fused-ring (bicyclic) bond motifs is 3. The van der Waals surface area contributed by atoms with Crippen LogP contribution in [0.1, 0.15) is 38.9 Å². The third-order valence-corrected chi connectivity index (χ3v) is 29.0. The Morgan fingerprint density at radius 1 is 0.200 bits per heavy atom. The summed E-state index contributed by atoms with van der Waals surface area (Å²) in [6.07, 6.45) is 0. The molecule has 0 unspecified atom stereocenters. The Morgan fingerprint density at radius 3 is 0.676 bits per heavy atom. The average Bonchev–Trinajstić information content (AvgIpc) is 1.42. The second-order valence-corrected chi connectivity index (χ2v) is 35.6. The van der Waals surface area contributed by atoms with Crippen LogP contribution in [0.5, 0.6) is 17.2 Å². The largest absolute Gasteiger partial charge is 0.508 e. The van der Waals surface area contributed by atoms with Gasteiger partial charge < -0.3 is 15.3 Å². The fraction of sp³-hybridized carbons (Fsp3) is 0.0722. The molecule has 0 amide bonds. The summed E-state index contributed by atoms with van der Waals surface area (Å²) in [5.74, 6) is 0.677. The number of aryl methyl sites for hydroxylation is 7. The smallest absolute Gasteiger partial charge is 0.187 e. The van der Waals surface area contributed by atoms with Crippen LogP contribution in [0.15, 0.2) is 441 Å². The first-order valence-corrected chi connectivity index (χ1v) is 41.2. The summed E-state index contributed by atoms with van der Waals surface area (Å²) in [5.41, 5.74) is 9.32. The SMILES string of the molecule is Cc1cc(C)c([S+](c2ccccc2)c2ccccc2)c(C)c1.Cc1ccc([S+](c2ccc(C)cc2)c2ccc(C)cc2)cc1.Cc1ccc([S+](c2ccccc2)c2ccccc2)cc1.Oc1ccc([S+](c2ccc(O)cc2)c2ccc(O)cc2)cc1.c1ccc(-[s+]2c3ccccc3c3ccccc32)cc1. The van der Waals surface area contributed by atoms with Crippen molar-refractivity contribution in [2.75, 3.05) is 0 Å². The fourth-order valence-corrected chi connectivity index (χ4v) is 23.3. The van der Waals surface area contributed by atoms with Gasteiger partial charge in [0.2, 0.25) is 0 Å². The number of thiophene rings is 1. The van der Waals surface area contributed by atoms with Gasteiger partial charge in [-0.2, -0.15) is 0 Å². The van der Waals surface area contributed by atoms with Crippen LogP contribution in [-0.4, -0.2) is 15.3 Å². The number of benzene rings is 15. The molecule has 0 radical (unpaired) electrons. The van der Waals surface area contributed by atoms with Crippen LogP contribution >= 0.6 is 10.5 Å². The van der Waals surface area contributed by atoms with E-state index >= 15 is 0 Å². The molecular formula is C97H87O3S5+5. The van der Waals surface area contributed by atoms with Crippen molar-refractivity contribution in [3.8, 4) is 22.1 Å². The molecule has 1 aromatic heterocycles. The molecule has 16 aromatic rings. The molecule has 16 rings (SSSR count). The molecule has 105 heavy (non-hydrogen) atoms. The summed E-state index contributed by atoms with van der Waals surface area (Å²) in [5, 5.41) is 31.3. The lowest BCUT2D eigenvalue weighted by Crippen LogP contribution is -2.08.